The van der Waals surface area contributed by atoms with Gasteiger partial charge in [0.1, 0.15) is 0 Å². The average Bonchev–Trinajstić information content (AvgIpc) is 3.17. The third-order valence-electron chi connectivity index (χ3n) is 6.00. The number of likely N-dealkylation sites (tertiary alicyclic amines) is 1. The first-order valence-electron chi connectivity index (χ1n) is 11.1. The molecule has 5 heteroatoms. The Morgan fingerprint density at radius 2 is 1.83 bits per heavy atom. The van der Waals surface area contributed by atoms with Crippen molar-refractivity contribution in [3.8, 4) is 0 Å². The highest BCUT2D eigenvalue weighted by molar-refractivity contribution is 7.18. The van der Waals surface area contributed by atoms with Crippen LogP contribution in [0.4, 0.5) is 0 Å². The Labute approximate surface area is 183 Å². The molecular formula is C25H31N3OS. The number of piperidine rings is 1. The van der Waals surface area contributed by atoms with Gasteiger partial charge in [0, 0.05) is 19.5 Å². The van der Waals surface area contributed by atoms with Crippen molar-refractivity contribution in [3.05, 3.63) is 64.7 Å². The zero-order chi connectivity index (χ0) is 20.8. The number of carbonyl (C=O) groups is 1. The Hall–Kier alpha value is -2.24. The second kappa shape index (κ2) is 10.2. The average molecular weight is 422 g/mol. The van der Waals surface area contributed by atoms with Crippen molar-refractivity contribution in [2.24, 2.45) is 5.92 Å². The van der Waals surface area contributed by atoms with Crippen LogP contribution in [-0.4, -0.2) is 28.9 Å². The van der Waals surface area contributed by atoms with Gasteiger partial charge in [-0.25, -0.2) is 4.98 Å². The van der Waals surface area contributed by atoms with E-state index in [4.69, 9.17) is 0 Å². The van der Waals surface area contributed by atoms with E-state index in [-0.39, 0.29) is 5.91 Å². The molecule has 0 radical (unpaired) electrons. The van der Waals surface area contributed by atoms with Crippen molar-refractivity contribution in [2.45, 2.75) is 52.1 Å². The molecule has 0 aliphatic carbocycles. The van der Waals surface area contributed by atoms with Gasteiger partial charge in [0.15, 0.2) is 0 Å². The number of aromatic nitrogens is 1. The van der Waals surface area contributed by atoms with E-state index in [1.807, 2.05) is 18.2 Å². The topological polar surface area (TPSA) is 45.2 Å². The summed E-state index contributed by atoms with van der Waals surface area (Å²) in [5, 5.41) is 4.24. The zero-order valence-corrected chi connectivity index (χ0v) is 18.6. The number of fused-ring (bicyclic) bond motifs is 1. The van der Waals surface area contributed by atoms with Crippen LogP contribution in [0.2, 0.25) is 0 Å². The molecule has 4 nitrogen and oxygen atoms in total. The second-order valence-electron chi connectivity index (χ2n) is 8.43. The lowest BCUT2D eigenvalue weighted by Crippen LogP contribution is -2.33. The molecule has 2 aromatic carbocycles. The first kappa shape index (κ1) is 21.0. The Balaban J connectivity index is 1.23. The highest BCUT2D eigenvalue weighted by Crippen LogP contribution is 2.23. The molecule has 2 heterocycles. The van der Waals surface area contributed by atoms with E-state index in [0.717, 1.165) is 35.8 Å². The third kappa shape index (κ3) is 5.67. The number of hydrogen-bond donors (Lipinski definition) is 1. The SMILES string of the molecule is CC1CCN(Cc2ccccc2CNC(=O)CCCc2nc3ccccc3s2)CC1. The van der Waals surface area contributed by atoms with E-state index < -0.39 is 0 Å². The van der Waals surface area contributed by atoms with Crippen molar-refractivity contribution in [2.75, 3.05) is 13.1 Å². The summed E-state index contributed by atoms with van der Waals surface area (Å²) in [6.07, 6.45) is 4.80. The van der Waals surface area contributed by atoms with Crippen LogP contribution in [-0.2, 0) is 24.3 Å². The number of rotatable bonds is 8. The van der Waals surface area contributed by atoms with E-state index in [2.05, 4.69) is 52.5 Å². The number of aryl methyl sites for hydroxylation is 1. The standard InChI is InChI=1S/C25H31N3OS/c1-19-13-15-28(16-14-19)18-21-8-3-2-7-20(21)17-26-24(29)11-6-12-25-27-22-9-4-5-10-23(22)30-25/h2-5,7-10,19H,6,11-18H2,1H3,(H,26,29). The zero-order valence-electron chi connectivity index (χ0n) is 17.8. The monoisotopic (exact) mass is 421 g/mol. The molecule has 158 valence electrons. The fourth-order valence-corrected chi connectivity index (χ4v) is 5.06. The van der Waals surface area contributed by atoms with Gasteiger partial charge in [0.2, 0.25) is 5.91 Å². The molecule has 0 bridgehead atoms. The van der Waals surface area contributed by atoms with Gasteiger partial charge in [-0.3, -0.25) is 9.69 Å². The molecule has 0 atom stereocenters. The number of hydrogen-bond acceptors (Lipinski definition) is 4. The van der Waals surface area contributed by atoms with E-state index in [9.17, 15) is 4.79 Å². The summed E-state index contributed by atoms with van der Waals surface area (Å²) >= 11 is 1.73. The molecule has 0 spiro atoms. The minimum Gasteiger partial charge on any atom is -0.352 e. The molecule has 1 aliphatic heterocycles. The lowest BCUT2D eigenvalue weighted by molar-refractivity contribution is -0.121. The van der Waals surface area contributed by atoms with Crippen LogP contribution in [0, 0.1) is 5.92 Å². The smallest absolute Gasteiger partial charge is 0.220 e. The Kier molecular flexibility index (Phi) is 7.13. The fraction of sp³-hybridized carbons (Fsp3) is 0.440. The molecule has 30 heavy (non-hydrogen) atoms. The number of carbonyl (C=O) groups excluding carboxylic acids is 1. The van der Waals surface area contributed by atoms with Gasteiger partial charge >= 0.3 is 0 Å². The minimum absolute atomic E-state index is 0.123. The molecule has 1 N–H and O–H groups in total. The summed E-state index contributed by atoms with van der Waals surface area (Å²) in [6, 6.07) is 16.7. The van der Waals surface area contributed by atoms with E-state index in [1.54, 1.807) is 11.3 Å². The second-order valence-corrected chi connectivity index (χ2v) is 9.55. The van der Waals surface area contributed by atoms with Gasteiger partial charge in [-0.05, 0) is 68.0 Å². The highest BCUT2D eigenvalue weighted by Gasteiger charge is 2.17. The molecule has 1 fully saturated rings. The van der Waals surface area contributed by atoms with Gasteiger partial charge in [-0.1, -0.05) is 43.3 Å². The summed E-state index contributed by atoms with van der Waals surface area (Å²) in [5.41, 5.74) is 3.62. The molecular weight excluding hydrogens is 390 g/mol. The molecule has 4 rings (SSSR count). The molecule has 0 unspecified atom stereocenters. The molecule has 1 aromatic heterocycles. The molecule has 1 amide bonds. The molecule has 3 aromatic rings. The summed E-state index contributed by atoms with van der Waals surface area (Å²) in [4.78, 5) is 19.6. The van der Waals surface area contributed by atoms with Crippen LogP contribution < -0.4 is 5.32 Å². The molecule has 1 saturated heterocycles. The maximum absolute atomic E-state index is 12.4. The van der Waals surface area contributed by atoms with Gasteiger partial charge in [0.25, 0.3) is 0 Å². The van der Waals surface area contributed by atoms with E-state index in [1.165, 1.54) is 41.8 Å². The third-order valence-corrected chi connectivity index (χ3v) is 7.09. The Bertz CT molecular complexity index is 942. The molecule has 1 aliphatic rings. The van der Waals surface area contributed by atoms with Crippen LogP contribution in [0.3, 0.4) is 0 Å². The lowest BCUT2D eigenvalue weighted by Gasteiger charge is -2.30. The largest absolute Gasteiger partial charge is 0.352 e. The predicted molar refractivity (Wildman–Crippen MR) is 125 cm³/mol. The summed E-state index contributed by atoms with van der Waals surface area (Å²) in [6.45, 7) is 6.29. The van der Waals surface area contributed by atoms with Crippen LogP contribution in [0.1, 0.15) is 48.7 Å². The first-order chi connectivity index (χ1) is 14.7. The fourth-order valence-electron chi connectivity index (χ4n) is 4.05. The Morgan fingerprint density at radius 1 is 1.10 bits per heavy atom. The number of nitrogens with one attached hydrogen (secondary N) is 1. The lowest BCUT2D eigenvalue weighted by atomic mass is 9.98. The summed E-state index contributed by atoms with van der Waals surface area (Å²) in [7, 11) is 0. The number of para-hydroxylation sites is 1. The van der Waals surface area contributed by atoms with Crippen LogP contribution in [0.5, 0.6) is 0 Å². The van der Waals surface area contributed by atoms with Crippen molar-refractivity contribution in [1.82, 2.24) is 15.2 Å². The van der Waals surface area contributed by atoms with Crippen LogP contribution in [0.25, 0.3) is 10.2 Å². The van der Waals surface area contributed by atoms with Gasteiger partial charge in [-0.15, -0.1) is 11.3 Å². The van der Waals surface area contributed by atoms with E-state index in [0.29, 0.717) is 13.0 Å². The minimum atomic E-state index is 0.123. The summed E-state index contributed by atoms with van der Waals surface area (Å²) in [5.74, 6) is 0.969. The number of amides is 1. The van der Waals surface area contributed by atoms with Gasteiger partial charge in [0.05, 0.1) is 15.2 Å². The van der Waals surface area contributed by atoms with E-state index >= 15 is 0 Å². The molecule has 0 saturated carbocycles. The highest BCUT2D eigenvalue weighted by atomic mass is 32.1. The van der Waals surface area contributed by atoms with Gasteiger partial charge in [-0.2, -0.15) is 0 Å². The number of thiazole rings is 1. The maximum atomic E-state index is 12.4. The van der Waals surface area contributed by atoms with Crippen molar-refractivity contribution >= 4 is 27.5 Å². The van der Waals surface area contributed by atoms with Crippen LogP contribution in [0.15, 0.2) is 48.5 Å². The first-order valence-corrected chi connectivity index (χ1v) is 11.9. The normalized spacial score (nSPS) is 15.5. The number of benzene rings is 2. The van der Waals surface area contributed by atoms with Crippen molar-refractivity contribution in [1.29, 1.82) is 0 Å². The van der Waals surface area contributed by atoms with Crippen molar-refractivity contribution in [3.63, 3.8) is 0 Å². The van der Waals surface area contributed by atoms with Crippen LogP contribution >= 0.6 is 11.3 Å². The van der Waals surface area contributed by atoms with Crippen molar-refractivity contribution < 1.29 is 4.79 Å². The Morgan fingerprint density at radius 3 is 2.63 bits per heavy atom. The maximum Gasteiger partial charge on any atom is 0.220 e. The van der Waals surface area contributed by atoms with Gasteiger partial charge < -0.3 is 5.32 Å². The summed E-state index contributed by atoms with van der Waals surface area (Å²) < 4.78 is 1.22. The predicted octanol–water partition coefficient (Wildman–Crippen LogP) is 5.17. The quantitative estimate of drug-likeness (QED) is 0.546. The number of nitrogens with zero attached hydrogens (tertiary/aromatic N) is 2.